The molecular formula is C9H11N3O3S. The zero-order valence-corrected chi connectivity index (χ0v) is 9.35. The number of hydrogen-bond donors (Lipinski definition) is 0. The van der Waals surface area contributed by atoms with Crippen LogP contribution in [0.3, 0.4) is 0 Å². The molecule has 0 bridgehead atoms. The molecule has 1 aliphatic heterocycles. The molecule has 0 spiro atoms. The summed E-state index contributed by atoms with van der Waals surface area (Å²) in [5.74, 6) is 0. The Bertz CT molecular complexity index is 398. The van der Waals surface area contributed by atoms with E-state index in [4.69, 9.17) is 4.74 Å². The van der Waals surface area contributed by atoms with Gasteiger partial charge in [0.25, 0.3) is 0 Å². The third kappa shape index (κ3) is 2.77. The normalized spacial score (nSPS) is 16.9. The van der Waals surface area contributed by atoms with Crippen LogP contribution in [0.2, 0.25) is 0 Å². The average Bonchev–Trinajstić information content (AvgIpc) is 2.76. The van der Waals surface area contributed by atoms with Crippen LogP contribution in [0, 0.1) is 10.1 Å². The van der Waals surface area contributed by atoms with Crippen molar-refractivity contribution in [1.29, 1.82) is 0 Å². The smallest absolute Gasteiger partial charge is 0.324 e. The first-order valence-corrected chi connectivity index (χ1v) is 5.73. The number of ether oxygens (including phenoxy) is 1. The largest absolute Gasteiger partial charge is 0.378 e. The molecule has 1 saturated heterocycles. The van der Waals surface area contributed by atoms with Crippen LogP contribution >= 0.6 is 11.3 Å². The molecule has 0 unspecified atom stereocenters. The van der Waals surface area contributed by atoms with Crippen LogP contribution in [0.4, 0.5) is 5.00 Å². The van der Waals surface area contributed by atoms with Gasteiger partial charge in [0, 0.05) is 17.0 Å². The second kappa shape index (κ2) is 5.04. The Balaban J connectivity index is 1.96. The summed E-state index contributed by atoms with van der Waals surface area (Å²) < 4.78 is 5.18. The molecule has 0 amide bonds. The van der Waals surface area contributed by atoms with Crippen molar-refractivity contribution in [2.24, 2.45) is 5.10 Å². The Morgan fingerprint density at radius 3 is 2.94 bits per heavy atom. The van der Waals surface area contributed by atoms with Crippen molar-refractivity contribution < 1.29 is 9.66 Å². The molecule has 0 atom stereocenters. The number of hydrogen-bond acceptors (Lipinski definition) is 6. The lowest BCUT2D eigenvalue weighted by Crippen LogP contribution is -2.32. The first-order valence-electron chi connectivity index (χ1n) is 4.85. The van der Waals surface area contributed by atoms with Crippen LogP contribution < -0.4 is 0 Å². The van der Waals surface area contributed by atoms with E-state index in [0.717, 1.165) is 30.0 Å². The van der Waals surface area contributed by atoms with Gasteiger partial charge >= 0.3 is 5.00 Å². The molecule has 0 aliphatic carbocycles. The van der Waals surface area contributed by atoms with Gasteiger partial charge in [-0.1, -0.05) is 11.3 Å². The number of rotatable bonds is 3. The Kier molecular flexibility index (Phi) is 3.47. The van der Waals surface area contributed by atoms with Gasteiger partial charge in [-0.2, -0.15) is 5.10 Å². The van der Waals surface area contributed by atoms with E-state index in [1.54, 1.807) is 11.6 Å². The fraction of sp³-hybridized carbons (Fsp3) is 0.444. The minimum absolute atomic E-state index is 0.142. The van der Waals surface area contributed by atoms with Crippen LogP contribution in [-0.4, -0.2) is 42.5 Å². The van der Waals surface area contributed by atoms with E-state index in [2.05, 4.69) is 5.10 Å². The highest BCUT2D eigenvalue weighted by molar-refractivity contribution is 7.13. The monoisotopic (exact) mass is 241 g/mol. The predicted molar refractivity (Wildman–Crippen MR) is 61.0 cm³/mol. The number of hydrazone groups is 1. The van der Waals surface area contributed by atoms with Crippen molar-refractivity contribution in [1.82, 2.24) is 5.01 Å². The Morgan fingerprint density at radius 2 is 2.31 bits per heavy atom. The Morgan fingerprint density at radius 1 is 1.56 bits per heavy atom. The summed E-state index contributed by atoms with van der Waals surface area (Å²) >= 11 is 1.11. The topological polar surface area (TPSA) is 68.0 Å². The molecule has 2 rings (SSSR count). The second-order valence-electron chi connectivity index (χ2n) is 3.29. The minimum atomic E-state index is -0.392. The molecule has 0 N–H and O–H groups in total. The quantitative estimate of drug-likeness (QED) is 0.454. The van der Waals surface area contributed by atoms with Crippen LogP contribution in [0.5, 0.6) is 0 Å². The maximum Gasteiger partial charge on any atom is 0.324 e. The highest BCUT2D eigenvalue weighted by atomic mass is 32.1. The second-order valence-corrected chi connectivity index (χ2v) is 4.18. The summed E-state index contributed by atoms with van der Waals surface area (Å²) in [6, 6.07) is 1.52. The van der Waals surface area contributed by atoms with Crippen molar-refractivity contribution in [3.05, 3.63) is 27.1 Å². The molecule has 16 heavy (non-hydrogen) atoms. The Hall–Kier alpha value is -1.47. The molecule has 1 aromatic rings. The molecule has 2 heterocycles. The van der Waals surface area contributed by atoms with Gasteiger partial charge in [-0.3, -0.25) is 15.1 Å². The lowest BCUT2D eigenvalue weighted by Gasteiger charge is -2.23. The van der Waals surface area contributed by atoms with E-state index in [-0.39, 0.29) is 5.00 Å². The van der Waals surface area contributed by atoms with Gasteiger partial charge in [0.05, 0.1) is 37.4 Å². The fourth-order valence-electron chi connectivity index (χ4n) is 1.32. The van der Waals surface area contributed by atoms with Crippen LogP contribution in [0.1, 0.15) is 5.56 Å². The van der Waals surface area contributed by atoms with Gasteiger partial charge in [-0.05, 0) is 0 Å². The highest BCUT2D eigenvalue weighted by Crippen LogP contribution is 2.21. The molecule has 1 fully saturated rings. The SMILES string of the molecule is O=[N+]([O-])c1cc(/C=N/N2CCOCC2)cs1. The summed E-state index contributed by atoms with van der Waals surface area (Å²) in [6.45, 7) is 2.90. The van der Waals surface area contributed by atoms with E-state index in [0.29, 0.717) is 13.2 Å². The molecule has 0 radical (unpaired) electrons. The third-order valence-corrected chi connectivity index (χ3v) is 3.04. The summed E-state index contributed by atoms with van der Waals surface area (Å²) in [6.07, 6.45) is 1.65. The summed E-state index contributed by atoms with van der Waals surface area (Å²) in [5.41, 5.74) is 0.767. The van der Waals surface area contributed by atoms with E-state index in [9.17, 15) is 10.1 Å². The van der Waals surface area contributed by atoms with E-state index < -0.39 is 4.92 Å². The van der Waals surface area contributed by atoms with Crippen molar-refractivity contribution in [2.45, 2.75) is 0 Å². The predicted octanol–water partition coefficient (Wildman–Crippen LogP) is 1.32. The molecule has 86 valence electrons. The third-order valence-electron chi connectivity index (χ3n) is 2.14. The molecular weight excluding hydrogens is 230 g/mol. The molecule has 7 heteroatoms. The van der Waals surface area contributed by atoms with Crippen LogP contribution in [0.25, 0.3) is 0 Å². The lowest BCUT2D eigenvalue weighted by molar-refractivity contribution is -0.380. The molecule has 0 saturated carbocycles. The summed E-state index contributed by atoms with van der Waals surface area (Å²) in [5, 5.41) is 18.5. The fourth-order valence-corrected chi connectivity index (χ4v) is 2.00. The standard InChI is InChI=1S/C9H11N3O3S/c13-12(14)9-5-8(7-16-9)6-10-11-1-3-15-4-2-11/h5-7H,1-4H2/b10-6+. The molecule has 1 aromatic heterocycles. The van der Waals surface area contributed by atoms with Gasteiger partial charge in [0.2, 0.25) is 0 Å². The van der Waals surface area contributed by atoms with Crippen molar-refractivity contribution in [3.8, 4) is 0 Å². The zero-order valence-electron chi connectivity index (χ0n) is 8.54. The van der Waals surface area contributed by atoms with Crippen molar-refractivity contribution in [2.75, 3.05) is 26.3 Å². The zero-order chi connectivity index (χ0) is 11.4. The summed E-state index contributed by atoms with van der Waals surface area (Å²) in [4.78, 5) is 10.1. The minimum Gasteiger partial charge on any atom is -0.378 e. The first kappa shape index (κ1) is 11.0. The van der Waals surface area contributed by atoms with Crippen LogP contribution in [0.15, 0.2) is 16.5 Å². The Labute approximate surface area is 96.3 Å². The van der Waals surface area contributed by atoms with E-state index >= 15 is 0 Å². The summed E-state index contributed by atoms with van der Waals surface area (Å²) in [7, 11) is 0. The maximum absolute atomic E-state index is 10.5. The van der Waals surface area contributed by atoms with E-state index in [1.165, 1.54) is 6.07 Å². The number of nitro groups is 1. The van der Waals surface area contributed by atoms with Gasteiger partial charge in [-0.15, -0.1) is 0 Å². The number of thiophene rings is 1. The lowest BCUT2D eigenvalue weighted by atomic mass is 10.4. The first-order chi connectivity index (χ1) is 7.75. The van der Waals surface area contributed by atoms with Crippen LogP contribution in [-0.2, 0) is 4.74 Å². The van der Waals surface area contributed by atoms with Gasteiger partial charge in [0.15, 0.2) is 0 Å². The van der Waals surface area contributed by atoms with E-state index in [1.807, 2.05) is 5.01 Å². The molecule has 1 aliphatic rings. The van der Waals surface area contributed by atoms with Crippen molar-refractivity contribution in [3.63, 3.8) is 0 Å². The number of nitrogens with zero attached hydrogens (tertiary/aromatic N) is 3. The maximum atomic E-state index is 10.5. The molecule has 6 nitrogen and oxygen atoms in total. The van der Waals surface area contributed by atoms with Crippen molar-refractivity contribution >= 4 is 22.6 Å². The van der Waals surface area contributed by atoms with Gasteiger partial charge in [-0.25, -0.2) is 0 Å². The average molecular weight is 241 g/mol. The highest BCUT2D eigenvalue weighted by Gasteiger charge is 2.09. The number of morpholine rings is 1. The van der Waals surface area contributed by atoms with Gasteiger partial charge in [0.1, 0.15) is 0 Å². The van der Waals surface area contributed by atoms with Gasteiger partial charge < -0.3 is 4.74 Å². The molecule has 0 aromatic carbocycles.